The number of hydrogen-bond donors (Lipinski definition) is 2. The Bertz CT molecular complexity index is 589. The summed E-state index contributed by atoms with van der Waals surface area (Å²) in [6.07, 6.45) is 3.20. The van der Waals surface area contributed by atoms with E-state index >= 15 is 0 Å². The summed E-state index contributed by atoms with van der Waals surface area (Å²) in [7, 11) is 1.61. The third kappa shape index (κ3) is 3.03. The molecule has 2 aromatic heterocycles. The minimum atomic E-state index is -0.940. The van der Waals surface area contributed by atoms with Gasteiger partial charge in [0.25, 0.3) is 0 Å². The van der Waals surface area contributed by atoms with Crippen LogP contribution in [0.5, 0.6) is 5.88 Å². The van der Waals surface area contributed by atoms with Crippen molar-refractivity contribution in [3.63, 3.8) is 0 Å². The summed E-state index contributed by atoms with van der Waals surface area (Å²) in [4.78, 5) is 6.60. The van der Waals surface area contributed by atoms with Gasteiger partial charge in [-0.3, -0.25) is 4.90 Å². The molecule has 3 heterocycles. The number of nitrogens with zero attached hydrogens (tertiary/aromatic N) is 4. The second-order valence-electron chi connectivity index (χ2n) is 5.37. The molecule has 1 saturated heterocycles. The molecule has 1 aliphatic heterocycles. The Balaban J connectivity index is 1.71. The summed E-state index contributed by atoms with van der Waals surface area (Å²) in [5, 5.41) is 21.2. The molecule has 7 heteroatoms. The van der Waals surface area contributed by atoms with E-state index in [1.807, 2.05) is 18.2 Å². The minimum absolute atomic E-state index is 0.526. The lowest BCUT2D eigenvalue weighted by atomic mass is 9.90. The first-order chi connectivity index (χ1) is 10.2. The van der Waals surface area contributed by atoms with Gasteiger partial charge in [0.2, 0.25) is 5.88 Å². The lowest BCUT2D eigenvalue weighted by molar-refractivity contribution is -0.0417. The first-order valence-corrected chi connectivity index (χ1v) is 7.00. The van der Waals surface area contributed by atoms with E-state index in [1.54, 1.807) is 13.3 Å². The number of H-pyrrole nitrogens is 1. The Morgan fingerprint density at radius 2 is 2.38 bits per heavy atom. The molecule has 1 unspecified atom stereocenters. The molecule has 0 radical (unpaired) electrons. The van der Waals surface area contributed by atoms with Crippen molar-refractivity contribution in [1.29, 1.82) is 0 Å². The van der Waals surface area contributed by atoms with Crippen LogP contribution < -0.4 is 4.74 Å². The van der Waals surface area contributed by atoms with Crippen LogP contribution >= 0.6 is 0 Å². The first kappa shape index (κ1) is 14.0. The van der Waals surface area contributed by atoms with Crippen molar-refractivity contribution in [1.82, 2.24) is 25.3 Å². The average Bonchev–Trinajstić information content (AvgIpc) is 3.03. The highest BCUT2D eigenvalue weighted by Crippen LogP contribution is 2.30. The highest BCUT2D eigenvalue weighted by Gasteiger charge is 2.37. The maximum atomic E-state index is 10.8. The highest BCUT2D eigenvalue weighted by atomic mass is 16.5. The number of methoxy groups -OCH3 is 1. The second-order valence-corrected chi connectivity index (χ2v) is 5.37. The van der Waals surface area contributed by atoms with E-state index in [0.717, 1.165) is 18.7 Å². The lowest BCUT2D eigenvalue weighted by Gasteiger charge is -2.37. The van der Waals surface area contributed by atoms with Gasteiger partial charge in [0.1, 0.15) is 11.3 Å². The molecular formula is C14H19N5O2. The molecule has 1 fully saturated rings. The van der Waals surface area contributed by atoms with Crippen molar-refractivity contribution in [2.24, 2.45) is 0 Å². The van der Waals surface area contributed by atoms with Gasteiger partial charge < -0.3 is 9.84 Å². The van der Waals surface area contributed by atoms with E-state index < -0.39 is 5.60 Å². The fourth-order valence-corrected chi connectivity index (χ4v) is 2.78. The van der Waals surface area contributed by atoms with Crippen molar-refractivity contribution >= 4 is 0 Å². The van der Waals surface area contributed by atoms with Gasteiger partial charge in [-0.05, 0) is 25.5 Å². The number of ether oxygens (including phenoxy) is 1. The maximum absolute atomic E-state index is 10.8. The van der Waals surface area contributed by atoms with Crippen LogP contribution in [0, 0.1) is 0 Å². The molecule has 7 nitrogen and oxygen atoms in total. The Morgan fingerprint density at radius 3 is 3.14 bits per heavy atom. The Kier molecular flexibility index (Phi) is 3.85. The monoisotopic (exact) mass is 289 g/mol. The number of aromatic nitrogens is 4. The van der Waals surface area contributed by atoms with E-state index in [4.69, 9.17) is 4.74 Å². The third-order valence-electron chi connectivity index (χ3n) is 3.82. The quantitative estimate of drug-likeness (QED) is 0.861. The number of rotatable bonds is 4. The summed E-state index contributed by atoms with van der Waals surface area (Å²) >= 11 is 0. The molecule has 0 bridgehead atoms. The number of aromatic amines is 1. The Labute approximate surface area is 123 Å². The number of aliphatic hydroxyl groups is 1. The zero-order chi connectivity index (χ0) is 14.7. The van der Waals surface area contributed by atoms with E-state index in [1.165, 1.54) is 0 Å². The molecule has 2 aromatic rings. The molecule has 2 N–H and O–H groups in total. The first-order valence-electron chi connectivity index (χ1n) is 7.00. The average molecular weight is 289 g/mol. The zero-order valence-electron chi connectivity index (χ0n) is 12.0. The van der Waals surface area contributed by atoms with E-state index in [2.05, 4.69) is 25.3 Å². The van der Waals surface area contributed by atoms with E-state index in [-0.39, 0.29) is 0 Å². The van der Waals surface area contributed by atoms with Crippen molar-refractivity contribution in [3.05, 3.63) is 35.8 Å². The van der Waals surface area contributed by atoms with E-state index in [0.29, 0.717) is 31.1 Å². The van der Waals surface area contributed by atoms with Crippen LogP contribution in [-0.4, -0.2) is 50.6 Å². The van der Waals surface area contributed by atoms with Gasteiger partial charge in [-0.25, -0.2) is 4.98 Å². The standard InChI is InChI=1S/C14H19N5O2/c1-21-13-5-2-4-11(16-13)9-19-7-3-6-14(20,10-19)12-8-15-18-17-12/h2,4-5,8,20H,3,6-7,9-10H2,1H3,(H,15,17,18). The van der Waals surface area contributed by atoms with Gasteiger partial charge in [0, 0.05) is 19.2 Å². The molecule has 112 valence electrons. The molecule has 21 heavy (non-hydrogen) atoms. The van der Waals surface area contributed by atoms with Crippen molar-refractivity contribution < 1.29 is 9.84 Å². The zero-order valence-corrected chi connectivity index (χ0v) is 12.0. The smallest absolute Gasteiger partial charge is 0.213 e. The molecule has 0 saturated carbocycles. The van der Waals surface area contributed by atoms with Crippen LogP contribution in [0.2, 0.25) is 0 Å². The molecule has 3 rings (SSSR count). The molecule has 0 amide bonds. The van der Waals surface area contributed by atoms with Gasteiger partial charge >= 0.3 is 0 Å². The summed E-state index contributed by atoms with van der Waals surface area (Å²) in [5.74, 6) is 0.608. The number of β-amino-alcohol motifs (C(OH)–C–C–N with tert-alkyl or cyclic N) is 1. The Hall–Kier alpha value is -1.99. The normalized spacial score (nSPS) is 23.1. The number of likely N-dealkylation sites (tertiary alicyclic amines) is 1. The van der Waals surface area contributed by atoms with Gasteiger partial charge in [-0.2, -0.15) is 15.4 Å². The highest BCUT2D eigenvalue weighted by molar-refractivity contribution is 5.16. The fraction of sp³-hybridized carbons (Fsp3) is 0.500. The number of pyridine rings is 1. The summed E-state index contributed by atoms with van der Waals surface area (Å²) in [5.41, 5.74) is 0.592. The SMILES string of the molecule is COc1cccc(CN2CCCC(O)(c3cn[nH]n3)C2)n1. The number of nitrogens with one attached hydrogen (secondary N) is 1. The van der Waals surface area contributed by atoms with Crippen LogP contribution in [0.4, 0.5) is 0 Å². The minimum Gasteiger partial charge on any atom is -0.481 e. The van der Waals surface area contributed by atoms with Crippen LogP contribution in [0.25, 0.3) is 0 Å². The van der Waals surface area contributed by atoms with Crippen LogP contribution in [-0.2, 0) is 12.1 Å². The molecule has 0 spiro atoms. The number of piperidine rings is 1. The Morgan fingerprint density at radius 1 is 1.48 bits per heavy atom. The predicted octanol–water partition coefficient (Wildman–Crippen LogP) is 0.692. The van der Waals surface area contributed by atoms with Gasteiger partial charge in [-0.15, -0.1) is 0 Å². The summed E-state index contributed by atoms with van der Waals surface area (Å²) in [6, 6.07) is 5.71. The fourth-order valence-electron chi connectivity index (χ4n) is 2.78. The van der Waals surface area contributed by atoms with Gasteiger partial charge in [-0.1, -0.05) is 6.07 Å². The topological polar surface area (TPSA) is 87.2 Å². The predicted molar refractivity (Wildman–Crippen MR) is 75.6 cm³/mol. The van der Waals surface area contributed by atoms with Crippen molar-refractivity contribution in [2.45, 2.75) is 25.0 Å². The van der Waals surface area contributed by atoms with Crippen molar-refractivity contribution in [2.75, 3.05) is 20.2 Å². The number of hydrogen-bond acceptors (Lipinski definition) is 6. The van der Waals surface area contributed by atoms with E-state index in [9.17, 15) is 5.11 Å². The van der Waals surface area contributed by atoms with Crippen LogP contribution in [0.15, 0.2) is 24.4 Å². The van der Waals surface area contributed by atoms with Crippen LogP contribution in [0.3, 0.4) is 0 Å². The molecule has 0 aliphatic carbocycles. The second kappa shape index (κ2) is 5.79. The largest absolute Gasteiger partial charge is 0.481 e. The third-order valence-corrected chi connectivity index (χ3v) is 3.82. The summed E-state index contributed by atoms with van der Waals surface area (Å²) < 4.78 is 5.14. The molecule has 1 atom stereocenters. The maximum Gasteiger partial charge on any atom is 0.213 e. The van der Waals surface area contributed by atoms with Gasteiger partial charge in [0.15, 0.2) is 0 Å². The molecule has 1 aliphatic rings. The summed E-state index contributed by atoms with van der Waals surface area (Å²) in [6.45, 7) is 2.13. The van der Waals surface area contributed by atoms with Crippen LogP contribution in [0.1, 0.15) is 24.2 Å². The molecule has 0 aromatic carbocycles. The van der Waals surface area contributed by atoms with Crippen molar-refractivity contribution in [3.8, 4) is 5.88 Å². The molecular weight excluding hydrogens is 270 g/mol. The van der Waals surface area contributed by atoms with Gasteiger partial charge in [0.05, 0.1) is 19.0 Å². The lowest BCUT2D eigenvalue weighted by Crippen LogP contribution is -2.46.